The highest BCUT2D eigenvalue weighted by atomic mass is 16.3. The molecule has 0 heterocycles. The third kappa shape index (κ3) is 2.96. The summed E-state index contributed by atoms with van der Waals surface area (Å²) in [7, 11) is 0. The number of hydrogen-bond donors (Lipinski definition) is 1. The van der Waals surface area contributed by atoms with Crippen LogP contribution in [0, 0.1) is 0 Å². The Balaban J connectivity index is 2.87. The van der Waals surface area contributed by atoms with Gasteiger partial charge in [0.25, 0.3) is 0 Å². The Morgan fingerprint density at radius 3 is 2.00 bits per heavy atom. The molecule has 0 aliphatic carbocycles. The average Bonchev–Trinajstić information content (AvgIpc) is 2.19. The fourth-order valence-electron chi connectivity index (χ4n) is 1.79. The van der Waals surface area contributed by atoms with Crippen molar-refractivity contribution in [2.45, 2.75) is 39.8 Å². The van der Waals surface area contributed by atoms with Crippen LogP contribution in [0.4, 0.5) is 5.69 Å². The Kier molecular flexibility index (Phi) is 4.15. The summed E-state index contributed by atoms with van der Waals surface area (Å²) in [6, 6.07) is 8.64. The predicted molar refractivity (Wildman–Crippen MR) is 65.2 cm³/mol. The molecular weight excluding hydrogens is 186 g/mol. The van der Waals surface area contributed by atoms with Gasteiger partial charge in [-0.25, -0.2) is 0 Å². The minimum atomic E-state index is -0.381. The highest BCUT2D eigenvalue weighted by molar-refractivity contribution is 5.48. The van der Waals surface area contributed by atoms with Crippen LogP contribution >= 0.6 is 0 Å². The average molecular weight is 207 g/mol. The Labute approximate surface area is 92.5 Å². The fourth-order valence-corrected chi connectivity index (χ4v) is 1.79. The zero-order chi connectivity index (χ0) is 11.4. The van der Waals surface area contributed by atoms with Crippen LogP contribution in [0.15, 0.2) is 24.3 Å². The SMILES string of the molecule is CCN(c1ccc([C@H](C)O)cc1)C(C)C. The summed E-state index contributed by atoms with van der Waals surface area (Å²) >= 11 is 0. The van der Waals surface area contributed by atoms with Crippen molar-refractivity contribution in [3.63, 3.8) is 0 Å². The number of rotatable bonds is 4. The first-order valence-electron chi connectivity index (χ1n) is 5.61. The van der Waals surface area contributed by atoms with E-state index in [0.29, 0.717) is 6.04 Å². The summed E-state index contributed by atoms with van der Waals surface area (Å²) < 4.78 is 0. The van der Waals surface area contributed by atoms with Gasteiger partial charge in [0.2, 0.25) is 0 Å². The molecule has 0 unspecified atom stereocenters. The zero-order valence-electron chi connectivity index (χ0n) is 10.1. The molecule has 2 heteroatoms. The number of nitrogens with zero attached hydrogens (tertiary/aromatic N) is 1. The van der Waals surface area contributed by atoms with Gasteiger partial charge in [-0.2, -0.15) is 0 Å². The smallest absolute Gasteiger partial charge is 0.0761 e. The van der Waals surface area contributed by atoms with E-state index in [9.17, 15) is 5.11 Å². The van der Waals surface area contributed by atoms with E-state index in [1.807, 2.05) is 12.1 Å². The van der Waals surface area contributed by atoms with Crippen LogP contribution in [0.3, 0.4) is 0 Å². The predicted octanol–water partition coefficient (Wildman–Crippen LogP) is 2.97. The Morgan fingerprint density at radius 1 is 1.13 bits per heavy atom. The lowest BCUT2D eigenvalue weighted by molar-refractivity contribution is 0.199. The fraction of sp³-hybridized carbons (Fsp3) is 0.538. The van der Waals surface area contributed by atoms with E-state index < -0.39 is 0 Å². The summed E-state index contributed by atoms with van der Waals surface area (Å²) in [5.41, 5.74) is 2.19. The van der Waals surface area contributed by atoms with Crippen molar-refractivity contribution in [2.75, 3.05) is 11.4 Å². The summed E-state index contributed by atoms with van der Waals surface area (Å²) in [4.78, 5) is 2.33. The molecule has 1 atom stereocenters. The molecule has 0 bridgehead atoms. The van der Waals surface area contributed by atoms with Gasteiger partial charge in [-0.3, -0.25) is 0 Å². The Bertz CT molecular complexity index is 290. The van der Waals surface area contributed by atoms with Crippen molar-refractivity contribution in [3.05, 3.63) is 29.8 Å². The first-order chi connectivity index (χ1) is 7.06. The zero-order valence-corrected chi connectivity index (χ0v) is 10.1. The maximum atomic E-state index is 9.41. The minimum absolute atomic E-state index is 0.381. The van der Waals surface area contributed by atoms with E-state index in [-0.39, 0.29) is 6.10 Å². The van der Waals surface area contributed by atoms with Crippen LogP contribution in [-0.2, 0) is 0 Å². The van der Waals surface area contributed by atoms with Crippen molar-refractivity contribution in [1.29, 1.82) is 0 Å². The van der Waals surface area contributed by atoms with Crippen LogP contribution < -0.4 is 4.90 Å². The van der Waals surface area contributed by atoms with Gasteiger partial charge in [-0.05, 0) is 45.4 Å². The van der Waals surface area contributed by atoms with Crippen molar-refractivity contribution >= 4 is 5.69 Å². The molecule has 1 aromatic carbocycles. The van der Waals surface area contributed by atoms with E-state index in [2.05, 4.69) is 37.8 Å². The number of hydrogen-bond acceptors (Lipinski definition) is 2. The van der Waals surface area contributed by atoms with Gasteiger partial charge in [0.15, 0.2) is 0 Å². The third-order valence-electron chi connectivity index (χ3n) is 2.67. The second-order valence-corrected chi connectivity index (χ2v) is 4.15. The van der Waals surface area contributed by atoms with Crippen LogP contribution in [0.5, 0.6) is 0 Å². The minimum Gasteiger partial charge on any atom is -0.389 e. The lowest BCUT2D eigenvalue weighted by Gasteiger charge is -2.27. The molecule has 0 amide bonds. The molecule has 1 rings (SSSR count). The molecule has 0 aliphatic rings. The van der Waals surface area contributed by atoms with Gasteiger partial charge in [-0.1, -0.05) is 12.1 Å². The van der Waals surface area contributed by atoms with E-state index >= 15 is 0 Å². The molecule has 0 fully saturated rings. The first kappa shape index (κ1) is 12.1. The lowest BCUT2D eigenvalue weighted by Crippen LogP contribution is -2.30. The molecule has 1 N–H and O–H groups in total. The molecule has 84 valence electrons. The van der Waals surface area contributed by atoms with Crippen LogP contribution in [0.2, 0.25) is 0 Å². The van der Waals surface area contributed by atoms with E-state index in [1.165, 1.54) is 5.69 Å². The normalized spacial score (nSPS) is 12.9. The molecule has 15 heavy (non-hydrogen) atoms. The molecule has 0 radical (unpaired) electrons. The molecule has 2 nitrogen and oxygen atoms in total. The van der Waals surface area contributed by atoms with E-state index in [0.717, 1.165) is 12.1 Å². The third-order valence-corrected chi connectivity index (χ3v) is 2.67. The molecule has 0 saturated carbocycles. The van der Waals surface area contributed by atoms with E-state index in [1.54, 1.807) is 6.92 Å². The van der Waals surface area contributed by atoms with Gasteiger partial charge < -0.3 is 10.0 Å². The van der Waals surface area contributed by atoms with Gasteiger partial charge in [0.05, 0.1) is 6.10 Å². The summed E-state index contributed by atoms with van der Waals surface area (Å²) in [5, 5.41) is 9.41. The number of aliphatic hydroxyl groups is 1. The van der Waals surface area contributed by atoms with Gasteiger partial charge >= 0.3 is 0 Å². The Morgan fingerprint density at radius 2 is 1.67 bits per heavy atom. The van der Waals surface area contributed by atoms with Crippen LogP contribution in [0.1, 0.15) is 39.4 Å². The number of aliphatic hydroxyl groups excluding tert-OH is 1. The number of anilines is 1. The lowest BCUT2D eigenvalue weighted by atomic mass is 10.1. The maximum Gasteiger partial charge on any atom is 0.0761 e. The van der Waals surface area contributed by atoms with Crippen LogP contribution in [-0.4, -0.2) is 17.7 Å². The second-order valence-electron chi connectivity index (χ2n) is 4.15. The maximum absolute atomic E-state index is 9.41. The van der Waals surface area contributed by atoms with E-state index in [4.69, 9.17) is 0 Å². The summed E-state index contributed by atoms with van der Waals surface area (Å²) in [6.07, 6.45) is -0.381. The van der Waals surface area contributed by atoms with Gasteiger partial charge in [0, 0.05) is 18.3 Å². The summed E-state index contributed by atoms with van der Waals surface area (Å²) in [5.74, 6) is 0. The van der Waals surface area contributed by atoms with Gasteiger partial charge in [-0.15, -0.1) is 0 Å². The van der Waals surface area contributed by atoms with Crippen LogP contribution in [0.25, 0.3) is 0 Å². The second kappa shape index (κ2) is 5.17. The summed E-state index contributed by atoms with van der Waals surface area (Å²) in [6.45, 7) is 9.32. The van der Waals surface area contributed by atoms with Crippen molar-refractivity contribution in [3.8, 4) is 0 Å². The molecule has 0 saturated heterocycles. The standard InChI is InChI=1S/C13H21NO/c1-5-14(10(2)3)13-8-6-12(7-9-13)11(4)15/h6-11,15H,5H2,1-4H3/t11-/m0/s1. The largest absolute Gasteiger partial charge is 0.389 e. The highest BCUT2D eigenvalue weighted by Gasteiger charge is 2.08. The number of benzene rings is 1. The molecule has 1 aromatic rings. The Hall–Kier alpha value is -1.02. The first-order valence-corrected chi connectivity index (χ1v) is 5.61. The molecular formula is C13H21NO. The molecule has 0 aromatic heterocycles. The van der Waals surface area contributed by atoms with Gasteiger partial charge in [0.1, 0.15) is 0 Å². The monoisotopic (exact) mass is 207 g/mol. The van der Waals surface area contributed by atoms with Crippen molar-refractivity contribution in [1.82, 2.24) is 0 Å². The molecule has 0 aliphatic heterocycles. The van der Waals surface area contributed by atoms with Crippen molar-refractivity contribution < 1.29 is 5.11 Å². The van der Waals surface area contributed by atoms with Crippen molar-refractivity contribution in [2.24, 2.45) is 0 Å². The molecule has 0 spiro atoms. The topological polar surface area (TPSA) is 23.5 Å². The quantitative estimate of drug-likeness (QED) is 0.820. The highest BCUT2D eigenvalue weighted by Crippen LogP contribution is 2.20.